The number of rotatable bonds is 5. The van der Waals surface area contributed by atoms with Crippen molar-refractivity contribution in [1.82, 2.24) is 4.90 Å². The molecule has 4 heteroatoms. The molecule has 1 nitrogen and oxygen atoms in total. The van der Waals surface area contributed by atoms with E-state index in [1.807, 2.05) is 13.8 Å². The smallest absolute Gasteiger partial charge is 0.270 e. The van der Waals surface area contributed by atoms with Crippen LogP contribution in [0.1, 0.15) is 20.8 Å². The van der Waals surface area contributed by atoms with Crippen molar-refractivity contribution in [3.63, 3.8) is 0 Å². The van der Waals surface area contributed by atoms with E-state index in [9.17, 15) is 13.2 Å². The summed E-state index contributed by atoms with van der Waals surface area (Å²) in [6.45, 7) is 6.36. The summed E-state index contributed by atoms with van der Waals surface area (Å²) in [5.74, 6) is 0. The fourth-order valence-corrected chi connectivity index (χ4v) is 1.21. The maximum absolute atomic E-state index is 12.8. The Morgan fingerprint density at radius 1 is 1.08 bits per heavy atom. The van der Waals surface area contributed by atoms with Crippen LogP contribution in [0.4, 0.5) is 13.2 Å². The second kappa shape index (κ2) is 5.41. The Bertz CT molecular complexity index is 113. The summed E-state index contributed by atoms with van der Waals surface area (Å²) in [7, 11) is 0. The van der Waals surface area contributed by atoms with Gasteiger partial charge in [-0.3, -0.25) is 4.90 Å². The van der Waals surface area contributed by atoms with Crippen molar-refractivity contribution in [2.24, 2.45) is 0 Å². The molecule has 0 radical (unpaired) electrons. The van der Waals surface area contributed by atoms with Crippen molar-refractivity contribution >= 4 is 0 Å². The first kappa shape index (κ1) is 11.8. The molecule has 12 heavy (non-hydrogen) atoms. The molecule has 0 fully saturated rings. The minimum Gasteiger partial charge on any atom is -0.298 e. The van der Waals surface area contributed by atoms with Crippen molar-refractivity contribution in [2.45, 2.75) is 39.4 Å². The molecule has 0 spiro atoms. The number of alkyl halides is 3. The van der Waals surface area contributed by atoms with E-state index in [1.165, 1.54) is 6.92 Å². The van der Waals surface area contributed by atoms with Crippen molar-refractivity contribution in [1.29, 1.82) is 0 Å². The Balaban J connectivity index is 4.05. The van der Waals surface area contributed by atoms with Crippen molar-refractivity contribution in [3.05, 3.63) is 0 Å². The molecule has 2 unspecified atom stereocenters. The van der Waals surface area contributed by atoms with E-state index < -0.39 is 18.6 Å². The van der Waals surface area contributed by atoms with Gasteiger partial charge in [-0.2, -0.15) is 0 Å². The molecular formula is C8H16F3N. The number of nitrogens with zero attached hydrogens (tertiary/aromatic N) is 1. The summed E-state index contributed by atoms with van der Waals surface area (Å²) < 4.78 is 36.6. The molecule has 0 aliphatic carbocycles. The fraction of sp³-hybridized carbons (Fsp3) is 1.00. The van der Waals surface area contributed by atoms with E-state index in [0.717, 1.165) is 0 Å². The van der Waals surface area contributed by atoms with Crippen LogP contribution in [0.15, 0.2) is 0 Å². The third-order valence-corrected chi connectivity index (χ3v) is 2.09. The highest BCUT2D eigenvalue weighted by atomic mass is 19.3. The van der Waals surface area contributed by atoms with E-state index in [1.54, 1.807) is 4.90 Å². The summed E-state index contributed by atoms with van der Waals surface area (Å²) in [6.07, 6.45) is -4.91. The van der Waals surface area contributed by atoms with Gasteiger partial charge in [-0.15, -0.1) is 0 Å². The van der Waals surface area contributed by atoms with Crippen LogP contribution in [0.5, 0.6) is 0 Å². The quantitative estimate of drug-likeness (QED) is 0.632. The van der Waals surface area contributed by atoms with Crippen molar-refractivity contribution in [2.75, 3.05) is 13.1 Å². The van der Waals surface area contributed by atoms with Crippen LogP contribution in [0.3, 0.4) is 0 Å². The van der Waals surface area contributed by atoms with Gasteiger partial charge in [0.15, 0.2) is 6.17 Å². The number of hydrogen-bond donors (Lipinski definition) is 0. The topological polar surface area (TPSA) is 3.24 Å². The highest BCUT2D eigenvalue weighted by Crippen LogP contribution is 2.14. The van der Waals surface area contributed by atoms with Crippen LogP contribution in [0.25, 0.3) is 0 Å². The fourth-order valence-electron chi connectivity index (χ4n) is 1.21. The molecule has 0 bridgehead atoms. The molecule has 0 rings (SSSR count). The van der Waals surface area contributed by atoms with Crippen molar-refractivity contribution in [3.8, 4) is 0 Å². The molecule has 0 aromatic rings. The molecule has 74 valence electrons. The molecule has 0 aliphatic heterocycles. The lowest BCUT2D eigenvalue weighted by atomic mass is 10.2. The zero-order chi connectivity index (χ0) is 9.72. The van der Waals surface area contributed by atoms with E-state index in [0.29, 0.717) is 13.1 Å². The predicted octanol–water partition coefficient (Wildman–Crippen LogP) is 2.32. The van der Waals surface area contributed by atoms with Gasteiger partial charge in [0.25, 0.3) is 6.43 Å². The Kier molecular flexibility index (Phi) is 5.29. The molecule has 0 amide bonds. The van der Waals surface area contributed by atoms with Gasteiger partial charge in [0, 0.05) is 6.04 Å². The molecule has 2 atom stereocenters. The average Bonchev–Trinajstić information content (AvgIpc) is 2.05. The van der Waals surface area contributed by atoms with E-state index in [4.69, 9.17) is 0 Å². The lowest BCUT2D eigenvalue weighted by Crippen LogP contribution is -2.42. The normalized spacial score (nSPS) is 17.0. The predicted molar refractivity (Wildman–Crippen MR) is 43.3 cm³/mol. The Morgan fingerprint density at radius 3 is 1.75 bits per heavy atom. The van der Waals surface area contributed by atoms with Gasteiger partial charge in [0.05, 0.1) is 0 Å². The van der Waals surface area contributed by atoms with Crippen LogP contribution in [-0.4, -0.2) is 36.6 Å². The van der Waals surface area contributed by atoms with Crippen LogP contribution in [-0.2, 0) is 0 Å². The van der Waals surface area contributed by atoms with E-state index in [2.05, 4.69) is 0 Å². The Morgan fingerprint density at radius 2 is 1.50 bits per heavy atom. The summed E-state index contributed by atoms with van der Waals surface area (Å²) in [5.41, 5.74) is 0. The maximum Gasteiger partial charge on any atom is 0.270 e. The first-order chi connectivity index (χ1) is 5.54. The highest BCUT2D eigenvalue weighted by Gasteiger charge is 2.29. The van der Waals surface area contributed by atoms with Gasteiger partial charge < -0.3 is 0 Å². The van der Waals surface area contributed by atoms with Gasteiger partial charge in [-0.05, 0) is 20.0 Å². The second-order valence-corrected chi connectivity index (χ2v) is 2.74. The molecule has 0 aromatic heterocycles. The summed E-state index contributed by atoms with van der Waals surface area (Å²) in [4.78, 5) is 1.68. The summed E-state index contributed by atoms with van der Waals surface area (Å²) in [5, 5.41) is 0. The zero-order valence-corrected chi connectivity index (χ0v) is 7.73. The number of hydrogen-bond acceptors (Lipinski definition) is 1. The van der Waals surface area contributed by atoms with E-state index in [-0.39, 0.29) is 0 Å². The first-order valence-corrected chi connectivity index (χ1v) is 4.20. The molecule has 0 saturated carbocycles. The Hall–Kier alpha value is -0.250. The standard InChI is InChI=1S/C8H16F3N/c1-4-12(5-2)6(3)7(9)8(10)11/h6-8H,4-5H2,1-3H3. The summed E-state index contributed by atoms with van der Waals surface area (Å²) >= 11 is 0. The van der Waals surface area contributed by atoms with Gasteiger partial charge >= 0.3 is 0 Å². The minimum absolute atomic E-state index is 0.602. The zero-order valence-electron chi connectivity index (χ0n) is 7.73. The second-order valence-electron chi connectivity index (χ2n) is 2.74. The average molecular weight is 183 g/mol. The van der Waals surface area contributed by atoms with Crippen LogP contribution < -0.4 is 0 Å². The Labute approximate surface area is 71.6 Å². The minimum atomic E-state index is -2.87. The van der Waals surface area contributed by atoms with Gasteiger partial charge in [0.1, 0.15) is 0 Å². The third-order valence-electron chi connectivity index (χ3n) is 2.09. The largest absolute Gasteiger partial charge is 0.298 e. The molecule has 0 heterocycles. The van der Waals surface area contributed by atoms with Gasteiger partial charge in [0.2, 0.25) is 0 Å². The van der Waals surface area contributed by atoms with Crippen LogP contribution in [0, 0.1) is 0 Å². The number of halogens is 3. The summed E-state index contributed by atoms with van der Waals surface area (Å²) in [6, 6.07) is -0.694. The molecule has 0 aliphatic rings. The van der Waals surface area contributed by atoms with E-state index >= 15 is 0 Å². The van der Waals surface area contributed by atoms with Crippen LogP contribution in [0.2, 0.25) is 0 Å². The van der Waals surface area contributed by atoms with Gasteiger partial charge in [-0.25, -0.2) is 13.2 Å². The lowest BCUT2D eigenvalue weighted by Gasteiger charge is -2.28. The molecular weight excluding hydrogens is 167 g/mol. The molecule has 0 aromatic carbocycles. The highest BCUT2D eigenvalue weighted by molar-refractivity contribution is 4.75. The third kappa shape index (κ3) is 3.01. The van der Waals surface area contributed by atoms with Crippen molar-refractivity contribution < 1.29 is 13.2 Å². The maximum atomic E-state index is 12.8. The van der Waals surface area contributed by atoms with Crippen LogP contribution >= 0.6 is 0 Å². The monoisotopic (exact) mass is 183 g/mol. The molecule has 0 N–H and O–H groups in total. The first-order valence-electron chi connectivity index (χ1n) is 4.20. The van der Waals surface area contributed by atoms with Gasteiger partial charge in [-0.1, -0.05) is 13.8 Å². The lowest BCUT2D eigenvalue weighted by molar-refractivity contribution is -0.000299. The SMILES string of the molecule is CCN(CC)C(C)C(F)C(F)F. The molecule has 0 saturated heterocycles.